The van der Waals surface area contributed by atoms with E-state index in [-0.39, 0.29) is 0 Å². The molecule has 5 nitrogen and oxygen atoms in total. The van der Waals surface area contributed by atoms with E-state index in [1.807, 2.05) is 36.1 Å². The summed E-state index contributed by atoms with van der Waals surface area (Å²) in [4.78, 5) is 11.8. The van der Waals surface area contributed by atoms with Crippen molar-refractivity contribution in [2.75, 3.05) is 11.4 Å². The molecule has 1 atom stereocenters. The lowest BCUT2D eigenvalue weighted by Crippen LogP contribution is -2.46. The minimum Gasteiger partial charge on any atom is -0.338 e. The van der Waals surface area contributed by atoms with Gasteiger partial charge in [-0.25, -0.2) is 9.97 Å². The molecule has 0 spiro atoms. The smallest absolute Gasteiger partial charge is 0.226 e. The molecule has 3 aromatic rings. The topological polar surface area (TPSA) is 46.8 Å². The van der Waals surface area contributed by atoms with Crippen LogP contribution in [0.1, 0.15) is 13.3 Å². The summed E-state index contributed by atoms with van der Waals surface area (Å²) in [6.07, 6.45) is 3.02. The molecule has 0 saturated carbocycles. The molecule has 21 heavy (non-hydrogen) atoms. The molecule has 0 bridgehead atoms. The zero-order valence-corrected chi connectivity index (χ0v) is 12.2. The third kappa shape index (κ3) is 1.88. The highest BCUT2D eigenvalue weighted by Crippen LogP contribution is 2.30. The van der Waals surface area contributed by atoms with Gasteiger partial charge in [0.25, 0.3) is 0 Å². The molecule has 1 saturated heterocycles. The van der Waals surface area contributed by atoms with E-state index >= 15 is 0 Å². The predicted octanol–water partition coefficient (Wildman–Crippen LogP) is 2.63. The summed E-state index contributed by atoms with van der Waals surface area (Å²) < 4.78 is 1.85. The maximum atomic E-state index is 4.83. The Morgan fingerprint density at radius 2 is 1.95 bits per heavy atom. The molecule has 106 valence electrons. The van der Waals surface area contributed by atoms with Crippen molar-refractivity contribution in [1.29, 1.82) is 0 Å². The van der Waals surface area contributed by atoms with Crippen molar-refractivity contribution >= 4 is 17.0 Å². The summed E-state index contributed by atoms with van der Waals surface area (Å²) in [6, 6.07) is 10.8. The van der Waals surface area contributed by atoms with Crippen LogP contribution in [0.5, 0.6) is 0 Å². The van der Waals surface area contributed by atoms with E-state index in [9.17, 15) is 0 Å². The average Bonchev–Trinajstić information content (AvgIpc) is 2.87. The van der Waals surface area contributed by atoms with Crippen LogP contribution >= 0.6 is 0 Å². The number of hydrogen-bond donors (Lipinski definition) is 0. The van der Waals surface area contributed by atoms with Gasteiger partial charge in [0.05, 0.1) is 6.20 Å². The third-order valence-corrected chi connectivity index (χ3v) is 4.20. The van der Waals surface area contributed by atoms with Gasteiger partial charge in [-0.3, -0.25) is 4.68 Å². The van der Waals surface area contributed by atoms with Gasteiger partial charge in [0, 0.05) is 25.2 Å². The number of aromatic nitrogens is 4. The molecule has 3 heterocycles. The number of hydrogen-bond acceptors (Lipinski definition) is 4. The van der Waals surface area contributed by atoms with Gasteiger partial charge in [0.2, 0.25) is 5.95 Å². The Balaban J connectivity index is 1.96. The molecule has 0 aliphatic carbocycles. The molecule has 1 aliphatic rings. The molecule has 2 aromatic heterocycles. The van der Waals surface area contributed by atoms with Gasteiger partial charge in [-0.2, -0.15) is 5.10 Å². The normalized spacial score (nSPS) is 18.0. The van der Waals surface area contributed by atoms with Crippen molar-refractivity contribution in [2.45, 2.75) is 19.4 Å². The number of anilines is 1. The molecule has 0 radical (unpaired) electrons. The predicted molar refractivity (Wildman–Crippen MR) is 83.2 cm³/mol. The summed E-state index contributed by atoms with van der Waals surface area (Å²) in [5, 5.41) is 4.34. The van der Waals surface area contributed by atoms with Crippen molar-refractivity contribution < 1.29 is 0 Å². The van der Waals surface area contributed by atoms with Gasteiger partial charge in [0.1, 0.15) is 16.7 Å². The summed E-state index contributed by atoms with van der Waals surface area (Å²) >= 11 is 0. The lowest BCUT2D eigenvalue weighted by atomic mass is 10.1. The largest absolute Gasteiger partial charge is 0.338 e. The maximum absolute atomic E-state index is 4.83. The fourth-order valence-electron chi connectivity index (χ4n) is 2.81. The molecule has 0 unspecified atom stereocenters. The SMILES string of the molecule is C[C@H]1CCN1c1nc(-c2ccccc2)c2c(cnn2C)n1. The molecule has 4 rings (SSSR count). The number of benzene rings is 1. The van der Waals surface area contributed by atoms with Gasteiger partial charge in [-0.1, -0.05) is 30.3 Å². The summed E-state index contributed by atoms with van der Waals surface area (Å²) in [5.41, 5.74) is 3.94. The Kier molecular flexibility index (Phi) is 2.67. The van der Waals surface area contributed by atoms with Crippen molar-refractivity contribution in [3.8, 4) is 11.3 Å². The third-order valence-electron chi connectivity index (χ3n) is 4.20. The summed E-state index contributed by atoms with van der Waals surface area (Å²) in [5.74, 6) is 0.813. The fourth-order valence-corrected chi connectivity index (χ4v) is 2.81. The number of aryl methyl sites for hydroxylation is 1. The van der Waals surface area contributed by atoms with Gasteiger partial charge in [-0.15, -0.1) is 0 Å². The first-order chi connectivity index (χ1) is 10.2. The van der Waals surface area contributed by atoms with E-state index < -0.39 is 0 Å². The highest BCUT2D eigenvalue weighted by Gasteiger charge is 2.27. The Labute approximate surface area is 123 Å². The Morgan fingerprint density at radius 3 is 2.62 bits per heavy atom. The van der Waals surface area contributed by atoms with E-state index in [0.717, 1.165) is 34.8 Å². The first-order valence-corrected chi connectivity index (χ1v) is 7.26. The van der Waals surface area contributed by atoms with Gasteiger partial charge >= 0.3 is 0 Å². The summed E-state index contributed by atoms with van der Waals surface area (Å²) in [6.45, 7) is 3.24. The zero-order chi connectivity index (χ0) is 14.4. The standard InChI is InChI=1S/C16H17N5/c1-11-8-9-21(11)16-18-13-10-17-20(2)15(13)14(19-16)12-6-4-3-5-7-12/h3-7,10-11H,8-9H2,1-2H3/t11-/m0/s1. The highest BCUT2D eigenvalue weighted by atomic mass is 15.3. The highest BCUT2D eigenvalue weighted by molar-refractivity contribution is 5.90. The van der Waals surface area contributed by atoms with E-state index in [1.165, 1.54) is 6.42 Å². The number of rotatable bonds is 2. The van der Waals surface area contributed by atoms with Crippen LogP contribution in [-0.4, -0.2) is 32.3 Å². The average molecular weight is 279 g/mol. The van der Waals surface area contributed by atoms with Crippen LogP contribution in [0.15, 0.2) is 36.5 Å². The van der Waals surface area contributed by atoms with Crippen LogP contribution in [0, 0.1) is 0 Å². The van der Waals surface area contributed by atoms with Crippen LogP contribution in [0.3, 0.4) is 0 Å². The number of fused-ring (bicyclic) bond motifs is 1. The molecule has 0 amide bonds. The molecule has 1 aromatic carbocycles. The molecular formula is C16H17N5. The summed E-state index contributed by atoms with van der Waals surface area (Å²) in [7, 11) is 1.93. The molecule has 1 aliphatic heterocycles. The Morgan fingerprint density at radius 1 is 1.14 bits per heavy atom. The first-order valence-electron chi connectivity index (χ1n) is 7.26. The van der Waals surface area contributed by atoms with Crippen LogP contribution < -0.4 is 4.90 Å². The molecule has 1 fully saturated rings. The van der Waals surface area contributed by atoms with Crippen LogP contribution in [0.25, 0.3) is 22.3 Å². The Hall–Kier alpha value is -2.43. The van der Waals surface area contributed by atoms with Gasteiger partial charge in [-0.05, 0) is 13.3 Å². The lowest BCUT2D eigenvalue weighted by molar-refractivity contribution is 0.471. The van der Waals surface area contributed by atoms with Gasteiger partial charge in [0.15, 0.2) is 0 Å². The molecule has 0 N–H and O–H groups in total. The second kappa shape index (κ2) is 4.55. The van der Waals surface area contributed by atoms with Crippen molar-refractivity contribution in [3.63, 3.8) is 0 Å². The first kappa shape index (κ1) is 12.3. The van der Waals surface area contributed by atoms with Crippen LogP contribution in [0.4, 0.5) is 5.95 Å². The van der Waals surface area contributed by atoms with E-state index in [0.29, 0.717) is 6.04 Å². The second-order valence-corrected chi connectivity index (χ2v) is 5.57. The fraction of sp³-hybridized carbons (Fsp3) is 0.312. The lowest BCUT2D eigenvalue weighted by Gasteiger charge is -2.38. The van der Waals surface area contributed by atoms with Crippen LogP contribution in [-0.2, 0) is 7.05 Å². The van der Waals surface area contributed by atoms with Crippen molar-refractivity contribution in [3.05, 3.63) is 36.5 Å². The second-order valence-electron chi connectivity index (χ2n) is 5.57. The van der Waals surface area contributed by atoms with E-state index in [4.69, 9.17) is 4.98 Å². The number of nitrogens with zero attached hydrogens (tertiary/aromatic N) is 5. The Bertz CT molecular complexity index is 793. The van der Waals surface area contributed by atoms with E-state index in [2.05, 4.69) is 34.0 Å². The molecule has 5 heteroatoms. The maximum Gasteiger partial charge on any atom is 0.226 e. The van der Waals surface area contributed by atoms with Crippen molar-refractivity contribution in [2.24, 2.45) is 7.05 Å². The monoisotopic (exact) mass is 279 g/mol. The quantitative estimate of drug-likeness (QED) is 0.723. The molecular weight excluding hydrogens is 262 g/mol. The minimum atomic E-state index is 0.516. The van der Waals surface area contributed by atoms with Crippen LogP contribution in [0.2, 0.25) is 0 Å². The van der Waals surface area contributed by atoms with Crippen molar-refractivity contribution in [1.82, 2.24) is 19.7 Å². The minimum absolute atomic E-state index is 0.516. The van der Waals surface area contributed by atoms with Gasteiger partial charge < -0.3 is 4.90 Å². The zero-order valence-electron chi connectivity index (χ0n) is 12.2. The van der Waals surface area contributed by atoms with E-state index in [1.54, 1.807) is 0 Å².